The molecule has 13 heavy (non-hydrogen) atoms. The van der Waals surface area contributed by atoms with Crippen LogP contribution < -0.4 is 0 Å². The summed E-state index contributed by atoms with van der Waals surface area (Å²) < 4.78 is 4.80. The van der Waals surface area contributed by atoms with Crippen LogP contribution in [0.15, 0.2) is 0 Å². The van der Waals surface area contributed by atoms with Crippen molar-refractivity contribution in [2.75, 3.05) is 6.61 Å². The zero-order chi connectivity index (χ0) is 9.42. The third-order valence-corrected chi connectivity index (χ3v) is 2.64. The van der Waals surface area contributed by atoms with E-state index in [4.69, 9.17) is 9.84 Å². The van der Waals surface area contributed by atoms with Crippen LogP contribution in [0, 0.1) is 0 Å². The molecule has 2 aliphatic heterocycles. The maximum absolute atomic E-state index is 11.2. The maximum atomic E-state index is 11.2. The van der Waals surface area contributed by atoms with Crippen LogP contribution >= 0.6 is 0 Å². The van der Waals surface area contributed by atoms with Crippen LogP contribution in [0.25, 0.3) is 0 Å². The molecule has 2 atom stereocenters. The summed E-state index contributed by atoms with van der Waals surface area (Å²) in [6, 6.07) is -0.684. The van der Waals surface area contributed by atoms with E-state index in [0.29, 0.717) is 13.0 Å². The van der Waals surface area contributed by atoms with Gasteiger partial charge in [-0.3, -0.25) is 4.90 Å². The number of nitrogens with zero attached hydrogens (tertiary/aromatic N) is 1. The van der Waals surface area contributed by atoms with E-state index in [1.165, 1.54) is 4.90 Å². The molecule has 5 nitrogen and oxygen atoms in total. The monoisotopic (exact) mass is 185 g/mol. The quantitative estimate of drug-likeness (QED) is 0.643. The SMILES string of the molecule is O=C(O)C1CCCC2COC(=O)N21. The Bertz CT molecular complexity index is 253. The predicted molar refractivity (Wildman–Crippen MR) is 42.2 cm³/mol. The van der Waals surface area contributed by atoms with Crippen LogP contribution in [0.4, 0.5) is 4.79 Å². The summed E-state index contributed by atoms with van der Waals surface area (Å²) >= 11 is 0. The Kier molecular flexibility index (Phi) is 1.86. The molecule has 0 aliphatic carbocycles. The second-order valence-electron chi connectivity index (χ2n) is 3.42. The summed E-state index contributed by atoms with van der Waals surface area (Å²) in [4.78, 5) is 23.3. The van der Waals surface area contributed by atoms with Gasteiger partial charge >= 0.3 is 12.1 Å². The lowest BCUT2D eigenvalue weighted by molar-refractivity contribution is -0.143. The maximum Gasteiger partial charge on any atom is 0.410 e. The van der Waals surface area contributed by atoms with E-state index in [-0.39, 0.29) is 6.04 Å². The van der Waals surface area contributed by atoms with Crippen molar-refractivity contribution in [3.63, 3.8) is 0 Å². The van der Waals surface area contributed by atoms with Crippen LogP contribution in [-0.4, -0.2) is 40.8 Å². The number of hydrogen-bond acceptors (Lipinski definition) is 3. The molecule has 72 valence electrons. The average Bonchev–Trinajstić information content (AvgIpc) is 2.48. The number of carboxylic acids is 1. The van der Waals surface area contributed by atoms with Crippen molar-refractivity contribution < 1.29 is 19.4 Å². The number of piperidine rings is 1. The van der Waals surface area contributed by atoms with Crippen molar-refractivity contribution in [3.8, 4) is 0 Å². The van der Waals surface area contributed by atoms with E-state index in [1.807, 2.05) is 0 Å². The van der Waals surface area contributed by atoms with Crippen molar-refractivity contribution in [1.82, 2.24) is 4.90 Å². The highest BCUT2D eigenvalue weighted by Crippen LogP contribution is 2.28. The first-order valence-electron chi connectivity index (χ1n) is 4.38. The minimum Gasteiger partial charge on any atom is -0.480 e. The normalized spacial score (nSPS) is 32.6. The molecule has 0 spiro atoms. The molecule has 2 rings (SSSR count). The lowest BCUT2D eigenvalue weighted by Crippen LogP contribution is -2.49. The molecule has 2 unspecified atom stereocenters. The Labute approximate surface area is 75.3 Å². The van der Waals surface area contributed by atoms with E-state index in [1.54, 1.807) is 0 Å². The molecule has 0 aromatic rings. The molecule has 0 bridgehead atoms. The number of cyclic esters (lactones) is 1. The molecule has 0 radical (unpaired) electrons. The fourth-order valence-electron chi connectivity index (χ4n) is 2.00. The van der Waals surface area contributed by atoms with Crippen LogP contribution in [0.2, 0.25) is 0 Å². The second kappa shape index (κ2) is 2.90. The number of hydrogen-bond donors (Lipinski definition) is 1. The molecule has 0 saturated carbocycles. The molecule has 0 aromatic heterocycles. The van der Waals surface area contributed by atoms with Crippen molar-refractivity contribution in [3.05, 3.63) is 0 Å². The fourth-order valence-corrected chi connectivity index (χ4v) is 2.00. The lowest BCUT2D eigenvalue weighted by Gasteiger charge is -2.32. The third-order valence-electron chi connectivity index (χ3n) is 2.64. The highest BCUT2D eigenvalue weighted by molar-refractivity contribution is 5.81. The first kappa shape index (κ1) is 8.34. The summed E-state index contributed by atoms with van der Waals surface area (Å²) in [6.45, 7) is 0.350. The molecule has 2 saturated heterocycles. The van der Waals surface area contributed by atoms with Crippen molar-refractivity contribution in [2.24, 2.45) is 0 Å². The molecular formula is C8H11NO4. The Morgan fingerprint density at radius 1 is 1.54 bits per heavy atom. The van der Waals surface area contributed by atoms with Gasteiger partial charge in [0.1, 0.15) is 12.6 Å². The number of ether oxygens (including phenoxy) is 1. The van der Waals surface area contributed by atoms with Crippen molar-refractivity contribution >= 4 is 12.1 Å². The molecule has 5 heteroatoms. The molecule has 0 aromatic carbocycles. The van der Waals surface area contributed by atoms with E-state index in [0.717, 1.165) is 12.8 Å². The van der Waals surface area contributed by atoms with E-state index in [9.17, 15) is 9.59 Å². The number of carbonyl (C=O) groups is 2. The smallest absolute Gasteiger partial charge is 0.410 e. The fraction of sp³-hybridized carbons (Fsp3) is 0.750. The highest BCUT2D eigenvalue weighted by Gasteiger charge is 2.43. The van der Waals surface area contributed by atoms with E-state index >= 15 is 0 Å². The average molecular weight is 185 g/mol. The number of fused-ring (bicyclic) bond motifs is 1. The third kappa shape index (κ3) is 1.24. The molecular weight excluding hydrogens is 174 g/mol. The van der Waals surface area contributed by atoms with Crippen molar-refractivity contribution in [1.29, 1.82) is 0 Å². The summed E-state index contributed by atoms with van der Waals surface area (Å²) in [5.74, 6) is -0.927. The topological polar surface area (TPSA) is 66.8 Å². The second-order valence-corrected chi connectivity index (χ2v) is 3.42. The molecule has 2 aliphatic rings. The number of carbonyl (C=O) groups excluding carboxylic acids is 1. The number of amides is 1. The van der Waals surface area contributed by atoms with Gasteiger partial charge in [0.05, 0.1) is 6.04 Å². The Morgan fingerprint density at radius 2 is 2.31 bits per heavy atom. The number of aliphatic carboxylic acids is 1. The lowest BCUT2D eigenvalue weighted by atomic mass is 9.97. The van der Waals surface area contributed by atoms with Gasteiger partial charge in [-0.2, -0.15) is 0 Å². The van der Waals surface area contributed by atoms with Crippen LogP contribution in [0.1, 0.15) is 19.3 Å². The number of carboxylic acid groups (broad SMARTS) is 1. The molecule has 2 heterocycles. The zero-order valence-electron chi connectivity index (χ0n) is 7.10. The minimum absolute atomic E-state index is 0.0117. The minimum atomic E-state index is -0.927. The van der Waals surface area contributed by atoms with Crippen molar-refractivity contribution in [2.45, 2.75) is 31.3 Å². The van der Waals surface area contributed by atoms with Gasteiger partial charge in [-0.25, -0.2) is 9.59 Å². The summed E-state index contributed by atoms with van der Waals surface area (Å²) in [6.07, 6.45) is 1.78. The van der Waals surface area contributed by atoms with Gasteiger partial charge in [-0.1, -0.05) is 0 Å². The predicted octanol–water partition coefficient (Wildman–Crippen LogP) is 0.444. The van der Waals surface area contributed by atoms with E-state index < -0.39 is 18.1 Å². The summed E-state index contributed by atoms with van der Waals surface area (Å²) in [7, 11) is 0. The highest BCUT2D eigenvalue weighted by atomic mass is 16.6. The molecule has 1 N–H and O–H groups in total. The standard InChI is InChI=1S/C8H11NO4/c10-7(11)6-3-1-2-5-4-13-8(12)9(5)6/h5-6H,1-4H2,(H,10,11). The summed E-state index contributed by atoms with van der Waals surface area (Å²) in [5.41, 5.74) is 0. The Hall–Kier alpha value is -1.26. The van der Waals surface area contributed by atoms with Gasteiger partial charge in [0, 0.05) is 0 Å². The summed E-state index contributed by atoms with van der Waals surface area (Å²) in [5, 5.41) is 8.85. The van der Waals surface area contributed by atoms with Gasteiger partial charge in [-0.05, 0) is 19.3 Å². The molecule has 1 amide bonds. The van der Waals surface area contributed by atoms with Crippen LogP contribution in [0.5, 0.6) is 0 Å². The van der Waals surface area contributed by atoms with Gasteiger partial charge in [0.2, 0.25) is 0 Å². The Morgan fingerprint density at radius 3 is 3.00 bits per heavy atom. The van der Waals surface area contributed by atoms with Crippen LogP contribution in [-0.2, 0) is 9.53 Å². The first-order chi connectivity index (χ1) is 6.20. The van der Waals surface area contributed by atoms with Gasteiger partial charge in [-0.15, -0.1) is 0 Å². The van der Waals surface area contributed by atoms with E-state index in [2.05, 4.69) is 0 Å². The molecule has 2 fully saturated rings. The largest absolute Gasteiger partial charge is 0.480 e. The van der Waals surface area contributed by atoms with Crippen LogP contribution in [0.3, 0.4) is 0 Å². The van der Waals surface area contributed by atoms with Gasteiger partial charge < -0.3 is 9.84 Å². The number of rotatable bonds is 1. The first-order valence-corrected chi connectivity index (χ1v) is 4.38. The zero-order valence-corrected chi connectivity index (χ0v) is 7.10. The Balaban J connectivity index is 2.19. The van der Waals surface area contributed by atoms with Gasteiger partial charge in [0.25, 0.3) is 0 Å². The van der Waals surface area contributed by atoms with Gasteiger partial charge in [0.15, 0.2) is 0 Å².